The van der Waals surface area contributed by atoms with Crippen molar-refractivity contribution in [1.29, 1.82) is 0 Å². The van der Waals surface area contributed by atoms with Crippen molar-refractivity contribution in [3.8, 4) is 5.69 Å². The minimum Gasteiger partial charge on any atom is -0.316 e. The van der Waals surface area contributed by atoms with Crippen molar-refractivity contribution in [3.63, 3.8) is 0 Å². The molecule has 1 heterocycles. The third-order valence-electron chi connectivity index (χ3n) is 4.43. The number of halogens is 3. The van der Waals surface area contributed by atoms with E-state index in [2.05, 4.69) is 10.5 Å². The lowest BCUT2D eigenvalue weighted by atomic mass is 10.2. The molecular formula is C22H20Cl3N3OS. The van der Waals surface area contributed by atoms with E-state index in [4.69, 9.17) is 34.8 Å². The largest absolute Gasteiger partial charge is 0.316 e. The summed E-state index contributed by atoms with van der Waals surface area (Å²) in [4.78, 5) is 12.0. The zero-order valence-electron chi connectivity index (χ0n) is 16.5. The van der Waals surface area contributed by atoms with E-state index in [9.17, 15) is 4.79 Å². The first kappa shape index (κ1) is 22.8. The molecule has 0 saturated heterocycles. The molecule has 0 spiro atoms. The van der Waals surface area contributed by atoms with E-state index in [0.717, 1.165) is 28.2 Å². The number of aryl methyl sites for hydroxylation is 1. The molecule has 0 aliphatic rings. The van der Waals surface area contributed by atoms with E-state index in [1.165, 1.54) is 11.8 Å². The second kappa shape index (κ2) is 10.4. The molecule has 0 atom stereocenters. The van der Waals surface area contributed by atoms with Crippen LogP contribution in [0.15, 0.2) is 53.6 Å². The van der Waals surface area contributed by atoms with Crippen LogP contribution in [0.25, 0.3) is 5.69 Å². The molecule has 0 aliphatic carbocycles. The molecule has 0 bridgehead atoms. The molecule has 1 amide bonds. The summed E-state index contributed by atoms with van der Waals surface area (Å²) < 4.78 is 2.01. The van der Waals surface area contributed by atoms with Crippen LogP contribution in [0.3, 0.4) is 0 Å². The Morgan fingerprint density at radius 1 is 1.13 bits per heavy atom. The molecule has 0 radical (unpaired) electrons. The van der Waals surface area contributed by atoms with Gasteiger partial charge in [-0.25, -0.2) is 5.43 Å². The van der Waals surface area contributed by atoms with Crippen molar-refractivity contribution in [2.45, 2.75) is 19.6 Å². The van der Waals surface area contributed by atoms with Gasteiger partial charge < -0.3 is 4.57 Å². The zero-order valence-corrected chi connectivity index (χ0v) is 19.5. The first-order valence-corrected chi connectivity index (χ1v) is 11.4. The van der Waals surface area contributed by atoms with Crippen molar-refractivity contribution in [3.05, 3.63) is 86.1 Å². The van der Waals surface area contributed by atoms with E-state index in [1.54, 1.807) is 12.3 Å². The number of nitrogens with one attached hydrogen (secondary N) is 1. The van der Waals surface area contributed by atoms with Crippen molar-refractivity contribution in [1.82, 2.24) is 9.99 Å². The van der Waals surface area contributed by atoms with Gasteiger partial charge in [-0.15, -0.1) is 11.8 Å². The standard InChI is InChI=1S/C22H20Cl3N3OS/c1-14-9-17(15(2)28(14)20-8-4-7-19(24)22(20)25)11-26-27-21(29)13-30-12-16-5-3-6-18(23)10-16/h3-11H,12-13H2,1-2H3,(H,27,29)/b26-11-. The lowest BCUT2D eigenvalue weighted by Gasteiger charge is -2.12. The van der Waals surface area contributed by atoms with Crippen LogP contribution in [0.5, 0.6) is 0 Å². The Bertz CT molecular complexity index is 1100. The Hall–Kier alpha value is -1.92. The molecule has 30 heavy (non-hydrogen) atoms. The highest BCUT2D eigenvalue weighted by molar-refractivity contribution is 7.99. The highest BCUT2D eigenvalue weighted by Crippen LogP contribution is 2.31. The maximum atomic E-state index is 12.0. The summed E-state index contributed by atoms with van der Waals surface area (Å²) in [7, 11) is 0. The van der Waals surface area contributed by atoms with Gasteiger partial charge in [-0.3, -0.25) is 4.79 Å². The minimum absolute atomic E-state index is 0.162. The Morgan fingerprint density at radius 2 is 1.90 bits per heavy atom. The van der Waals surface area contributed by atoms with Gasteiger partial charge in [-0.2, -0.15) is 5.10 Å². The number of hydrazone groups is 1. The lowest BCUT2D eigenvalue weighted by molar-refractivity contribution is -0.118. The number of rotatable bonds is 7. The summed E-state index contributed by atoms with van der Waals surface area (Å²) in [6.07, 6.45) is 1.64. The number of carbonyl (C=O) groups is 1. The van der Waals surface area contributed by atoms with Gasteiger partial charge >= 0.3 is 0 Å². The molecule has 0 unspecified atom stereocenters. The fraction of sp³-hybridized carbons (Fsp3) is 0.182. The van der Waals surface area contributed by atoms with Crippen LogP contribution in [-0.2, 0) is 10.5 Å². The average molecular weight is 481 g/mol. The smallest absolute Gasteiger partial charge is 0.250 e. The SMILES string of the molecule is Cc1cc(/C=N\NC(=O)CSCc2cccc(Cl)c2)c(C)n1-c1cccc(Cl)c1Cl. The Morgan fingerprint density at radius 3 is 2.67 bits per heavy atom. The maximum absolute atomic E-state index is 12.0. The third kappa shape index (κ3) is 5.61. The summed E-state index contributed by atoms with van der Waals surface area (Å²) in [6, 6.07) is 15.1. The summed E-state index contributed by atoms with van der Waals surface area (Å²) in [5, 5.41) is 5.79. The minimum atomic E-state index is -0.162. The van der Waals surface area contributed by atoms with E-state index < -0.39 is 0 Å². The van der Waals surface area contributed by atoms with Gasteiger partial charge in [0.1, 0.15) is 0 Å². The topological polar surface area (TPSA) is 46.4 Å². The van der Waals surface area contributed by atoms with Gasteiger partial charge in [0.05, 0.1) is 27.7 Å². The summed E-state index contributed by atoms with van der Waals surface area (Å²) in [5.41, 5.74) is 7.28. The predicted octanol–water partition coefficient (Wildman–Crippen LogP) is 6.44. The Balaban J connectivity index is 1.60. The lowest BCUT2D eigenvalue weighted by Crippen LogP contribution is -2.19. The third-order valence-corrected chi connectivity index (χ3v) is 6.47. The molecule has 0 aliphatic heterocycles. The fourth-order valence-corrected chi connectivity index (χ4v) is 4.41. The molecule has 4 nitrogen and oxygen atoms in total. The molecule has 8 heteroatoms. The second-order valence-electron chi connectivity index (χ2n) is 6.65. The van der Waals surface area contributed by atoms with Crippen LogP contribution in [0, 0.1) is 13.8 Å². The van der Waals surface area contributed by atoms with Crippen molar-refractivity contribution >= 4 is 58.7 Å². The number of amides is 1. The number of aromatic nitrogens is 1. The van der Waals surface area contributed by atoms with E-state index in [0.29, 0.717) is 26.6 Å². The van der Waals surface area contributed by atoms with Gasteiger partial charge in [-0.05, 0) is 49.7 Å². The van der Waals surface area contributed by atoms with E-state index in [1.807, 2.05) is 60.9 Å². The monoisotopic (exact) mass is 479 g/mol. The van der Waals surface area contributed by atoms with Crippen LogP contribution < -0.4 is 5.43 Å². The zero-order chi connectivity index (χ0) is 21.7. The van der Waals surface area contributed by atoms with Crippen LogP contribution in [0.1, 0.15) is 22.5 Å². The highest BCUT2D eigenvalue weighted by Gasteiger charge is 2.13. The molecule has 0 fully saturated rings. The van der Waals surface area contributed by atoms with Crippen LogP contribution in [-0.4, -0.2) is 22.4 Å². The summed E-state index contributed by atoms with van der Waals surface area (Å²) >= 11 is 20.0. The van der Waals surface area contributed by atoms with Crippen LogP contribution >= 0.6 is 46.6 Å². The first-order valence-electron chi connectivity index (χ1n) is 9.14. The normalized spacial score (nSPS) is 11.2. The summed E-state index contributed by atoms with van der Waals surface area (Å²) in [5.74, 6) is 0.852. The van der Waals surface area contributed by atoms with Crippen molar-refractivity contribution in [2.75, 3.05) is 5.75 Å². The number of carbonyl (C=O) groups excluding carboxylic acids is 1. The first-order chi connectivity index (χ1) is 14.4. The molecule has 3 aromatic rings. The van der Waals surface area contributed by atoms with Gasteiger partial charge in [0.25, 0.3) is 0 Å². The molecule has 156 valence electrons. The number of hydrogen-bond acceptors (Lipinski definition) is 3. The fourth-order valence-electron chi connectivity index (χ4n) is 3.05. The van der Waals surface area contributed by atoms with Crippen LogP contribution in [0.2, 0.25) is 15.1 Å². The molecule has 0 saturated carbocycles. The molecule has 1 N–H and O–H groups in total. The number of benzene rings is 2. The molecule has 3 rings (SSSR count). The predicted molar refractivity (Wildman–Crippen MR) is 129 cm³/mol. The molecule has 1 aromatic heterocycles. The van der Waals surface area contributed by atoms with Gasteiger partial charge in [0.15, 0.2) is 0 Å². The van der Waals surface area contributed by atoms with Gasteiger partial charge in [-0.1, -0.05) is 53.0 Å². The molecule has 2 aromatic carbocycles. The number of thioether (sulfide) groups is 1. The second-order valence-corrected chi connectivity index (χ2v) is 8.86. The maximum Gasteiger partial charge on any atom is 0.250 e. The van der Waals surface area contributed by atoms with Gasteiger partial charge in [0.2, 0.25) is 5.91 Å². The van der Waals surface area contributed by atoms with Crippen molar-refractivity contribution in [2.24, 2.45) is 5.10 Å². The Kier molecular flexibility index (Phi) is 7.89. The van der Waals surface area contributed by atoms with Crippen LogP contribution in [0.4, 0.5) is 0 Å². The average Bonchev–Trinajstić information content (AvgIpc) is 2.98. The quantitative estimate of drug-likeness (QED) is 0.312. The number of nitrogens with zero attached hydrogens (tertiary/aromatic N) is 2. The van der Waals surface area contributed by atoms with Crippen molar-refractivity contribution < 1.29 is 4.79 Å². The van der Waals surface area contributed by atoms with Gasteiger partial charge in [0, 0.05) is 27.7 Å². The van der Waals surface area contributed by atoms with E-state index >= 15 is 0 Å². The summed E-state index contributed by atoms with van der Waals surface area (Å²) in [6.45, 7) is 3.95. The Labute approximate surface area is 195 Å². The molecular weight excluding hydrogens is 461 g/mol. The van der Waals surface area contributed by atoms with E-state index in [-0.39, 0.29) is 5.91 Å². The number of hydrogen-bond donors (Lipinski definition) is 1. The highest BCUT2D eigenvalue weighted by atomic mass is 35.5.